The van der Waals surface area contributed by atoms with Crippen molar-refractivity contribution < 1.29 is 4.39 Å². The second-order valence-corrected chi connectivity index (χ2v) is 4.83. The molecular weight excluding hydrogens is 285 g/mol. The third-order valence-electron chi connectivity index (χ3n) is 2.69. The van der Waals surface area contributed by atoms with Crippen LogP contribution in [0.5, 0.6) is 0 Å². The molecule has 1 unspecified atom stereocenters. The molecule has 1 aromatic carbocycles. The van der Waals surface area contributed by atoms with Crippen LogP contribution in [0.1, 0.15) is 17.3 Å². The van der Waals surface area contributed by atoms with Crippen molar-refractivity contribution in [1.82, 2.24) is 9.55 Å². The second kappa shape index (κ2) is 4.98. The van der Waals surface area contributed by atoms with Crippen molar-refractivity contribution in [3.63, 3.8) is 0 Å². The van der Waals surface area contributed by atoms with E-state index in [0.717, 1.165) is 15.7 Å². The van der Waals surface area contributed by atoms with Gasteiger partial charge in [-0.25, -0.2) is 9.37 Å². The molecule has 1 atom stereocenters. The number of hydrogen-bond donors (Lipinski definition) is 1. The molecule has 2 aromatic rings. The fraction of sp³-hybridized carbons (Fsp3) is 0.250. The topological polar surface area (TPSA) is 43.8 Å². The Morgan fingerprint density at radius 1 is 1.53 bits per heavy atom. The third kappa shape index (κ3) is 2.73. The van der Waals surface area contributed by atoms with Crippen molar-refractivity contribution >= 4 is 15.9 Å². The molecule has 0 bridgehead atoms. The number of imidazole rings is 1. The number of nitrogens with two attached hydrogens (primary N) is 1. The van der Waals surface area contributed by atoms with Crippen LogP contribution in [0.4, 0.5) is 4.39 Å². The first-order valence-corrected chi connectivity index (χ1v) is 6.03. The van der Waals surface area contributed by atoms with Gasteiger partial charge in [0.05, 0.1) is 18.1 Å². The van der Waals surface area contributed by atoms with Gasteiger partial charge in [-0.05, 0) is 24.1 Å². The van der Waals surface area contributed by atoms with Gasteiger partial charge < -0.3 is 10.3 Å². The first-order valence-electron chi connectivity index (χ1n) is 5.23. The van der Waals surface area contributed by atoms with Crippen LogP contribution in [0, 0.1) is 5.82 Å². The molecule has 1 aromatic heterocycles. The maximum atomic E-state index is 12.9. The van der Waals surface area contributed by atoms with Crippen molar-refractivity contribution in [2.45, 2.75) is 12.5 Å². The molecular formula is C12H13BrFN3. The molecule has 0 aliphatic rings. The standard InChI is InChI=1S/C12H13BrFN3/c1-17-7-16-6-12(17)11(15)4-8-2-3-9(14)5-10(8)13/h2-3,5-7,11H,4,15H2,1H3. The van der Waals surface area contributed by atoms with Gasteiger partial charge in [0.1, 0.15) is 5.82 Å². The number of rotatable bonds is 3. The molecule has 0 aliphatic carbocycles. The summed E-state index contributed by atoms with van der Waals surface area (Å²) in [5.74, 6) is -0.255. The number of hydrogen-bond acceptors (Lipinski definition) is 2. The maximum absolute atomic E-state index is 12.9. The Morgan fingerprint density at radius 3 is 2.88 bits per heavy atom. The lowest BCUT2D eigenvalue weighted by molar-refractivity contribution is 0.621. The average molecular weight is 298 g/mol. The van der Waals surface area contributed by atoms with Crippen LogP contribution in [-0.2, 0) is 13.5 Å². The zero-order valence-electron chi connectivity index (χ0n) is 9.40. The fourth-order valence-corrected chi connectivity index (χ4v) is 2.27. The second-order valence-electron chi connectivity index (χ2n) is 3.98. The monoisotopic (exact) mass is 297 g/mol. The van der Waals surface area contributed by atoms with Gasteiger partial charge in [-0.3, -0.25) is 0 Å². The average Bonchev–Trinajstić information content (AvgIpc) is 2.68. The minimum absolute atomic E-state index is 0.149. The van der Waals surface area contributed by atoms with Gasteiger partial charge in [-0.1, -0.05) is 22.0 Å². The smallest absolute Gasteiger partial charge is 0.124 e. The lowest BCUT2D eigenvalue weighted by Crippen LogP contribution is -2.16. The predicted molar refractivity (Wildman–Crippen MR) is 67.9 cm³/mol. The Bertz CT molecular complexity index is 524. The summed E-state index contributed by atoms with van der Waals surface area (Å²) in [6, 6.07) is 4.49. The summed E-state index contributed by atoms with van der Waals surface area (Å²) in [5, 5.41) is 0. The molecule has 2 N–H and O–H groups in total. The quantitative estimate of drug-likeness (QED) is 0.946. The van der Waals surface area contributed by atoms with Crippen LogP contribution < -0.4 is 5.73 Å². The fourth-order valence-electron chi connectivity index (χ4n) is 1.75. The van der Waals surface area contributed by atoms with Crippen LogP contribution in [0.15, 0.2) is 35.2 Å². The van der Waals surface area contributed by atoms with Gasteiger partial charge >= 0.3 is 0 Å². The number of halogens is 2. The Kier molecular flexibility index (Phi) is 3.59. The Morgan fingerprint density at radius 2 is 2.29 bits per heavy atom. The van der Waals surface area contributed by atoms with Crippen molar-refractivity contribution in [3.8, 4) is 0 Å². The molecule has 0 spiro atoms. The zero-order valence-corrected chi connectivity index (χ0v) is 11.0. The van der Waals surface area contributed by atoms with Gasteiger partial charge in [0.2, 0.25) is 0 Å². The Hall–Kier alpha value is -1.20. The van der Waals surface area contributed by atoms with Crippen LogP contribution in [-0.4, -0.2) is 9.55 Å². The van der Waals surface area contributed by atoms with Gasteiger partial charge in [0.15, 0.2) is 0 Å². The van der Waals surface area contributed by atoms with Gasteiger partial charge in [-0.2, -0.15) is 0 Å². The highest BCUT2D eigenvalue weighted by molar-refractivity contribution is 9.10. The van der Waals surface area contributed by atoms with E-state index in [1.807, 2.05) is 11.6 Å². The third-order valence-corrected chi connectivity index (χ3v) is 3.43. The summed E-state index contributed by atoms with van der Waals surface area (Å²) in [7, 11) is 1.90. The molecule has 0 fully saturated rings. The van der Waals surface area contributed by atoms with E-state index < -0.39 is 0 Å². The van der Waals surface area contributed by atoms with Crippen LogP contribution >= 0.6 is 15.9 Å². The molecule has 5 heteroatoms. The highest BCUT2D eigenvalue weighted by atomic mass is 79.9. The number of nitrogens with zero attached hydrogens (tertiary/aromatic N) is 2. The Labute approximate surface area is 108 Å². The minimum Gasteiger partial charge on any atom is -0.336 e. The van der Waals surface area contributed by atoms with E-state index in [9.17, 15) is 4.39 Å². The summed E-state index contributed by atoms with van der Waals surface area (Å²) < 4.78 is 15.6. The molecule has 2 rings (SSSR count). The van der Waals surface area contributed by atoms with Crippen molar-refractivity contribution in [2.24, 2.45) is 12.8 Å². The molecule has 0 saturated heterocycles. The minimum atomic E-state index is -0.255. The highest BCUT2D eigenvalue weighted by Crippen LogP contribution is 2.23. The van der Waals surface area contributed by atoms with Crippen molar-refractivity contribution in [1.29, 1.82) is 0 Å². The summed E-state index contributed by atoms with van der Waals surface area (Å²) in [5.41, 5.74) is 8.05. The summed E-state index contributed by atoms with van der Waals surface area (Å²) >= 11 is 3.34. The molecule has 3 nitrogen and oxygen atoms in total. The van der Waals surface area contributed by atoms with E-state index >= 15 is 0 Å². The molecule has 17 heavy (non-hydrogen) atoms. The first-order chi connectivity index (χ1) is 8.08. The van der Waals surface area contributed by atoms with Gasteiger partial charge in [-0.15, -0.1) is 0 Å². The van der Waals surface area contributed by atoms with Gasteiger partial charge in [0.25, 0.3) is 0 Å². The first kappa shape index (κ1) is 12.3. The van der Waals surface area contributed by atoms with E-state index in [-0.39, 0.29) is 11.9 Å². The van der Waals surface area contributed by atoms with E-state index in [1.165, 1.54) is 12.1 Å². The normalized spacial score (nSPS) is 12.7. The van der Waals surface area contributed by atoms with E-state index in [0.29, 0.717) is 6.42 Å². The molecule has 0 amide bonds. The predicted octanol–water partition coefficient (Wildman–Crippen LogP) is 2.56. The van der Waals surface area contributed by atoms with E-state index in [1.54, 1.807) is 18.6 Å². The molecule has 0 radical (unpaired) electrons. The summed E-state index contributed by atoms with van der Waals surface area (Å²) in [6.07, 6.45) is 4.11. The highest BCUT2D eigenvalue weighted by Gasteiger charge is 2.12. The largest absolute Gasteiger partial charge is 0.336 e. The van der Waals surface area contributed by atoms with Crippen molar-refractivity contribution in [2.75, 3.05) is 0 Å². The van der Waals surface area contributed by atoms with Crippen LogP contribution in [0.3, 0.4) is 0 Å². The molecule has 90 valence electrons. The molecule has 1 heterocycles. The SMILES string of the molecule is Cn1cncc1C(N)Cc1ccc(F)cc1Br. The maximum Gasteiger partial charge on any atom is 0.124 e. The number of aryl methyl sites for hydroxylation is 1. The van der Waals surface area contributed by atoms with Crippen LogP contribution in [0.2, 0.25) is 0 Å². The zero-order chi connectivity index (χ0) is 12.4. The molecule has 0 saturated carbocycles. The van der Waals surface area contributed by atoms with E-state index in [4.69, 9.17) is 5.73 Å². The number of benzene rings is 1. The summed E-state index contributed by atoms with van der Waals surface area (Å²) in [6.45, 7) is 0. The van der Waals surface area contributed by atoms with Crippen LogP contribution in [0.25, 0.3) is 0 Å². The Balaban J connectivity index is 2.19. The van der Waals surface area contributed by atoms with Gasteiger partial charge in [0, 0.05) is 17.7 Å². The summed E-state index contributed by atoms with van der Waals surface area (Å²) in [4.78, 5) is 4.03. The molecule has 0 aliphatic heterocycles. The number of aromatic nitrogens is 2. The van der Waals surface area contributed by atoms with E-state index in [2.05, 4.69) is 20.9 Å². The lowest BCUT2D eigenvalue weighted by atomic mass is 10.0. The van der Waals surface area contributed by atoms with Crippen molar-refractivity contribution in [3.05, 3.63) is 52.3 Å². The lowest BCUT2D eigenvalue weighted by Gasteiger charge is -2.13.